The molecule has 1 aliphatic heterocycles. The number of morpholine rings is 1. The molecular weight excluding hydrogens is 278 g/mol. The van der Waals surface area contributed by atoms with E-state index < -0.39 is 0 Å². The third-order valence-electron chi connectivity index (χ3n) is 3.67. The Hall–Kier alpha value is -1.98. The molecule has 0 aliphatic carbocycles. The van der Waals surface area contributed by atoms with E-state index >= 15 is 0 Å². The normalized spacial score (nSPS) is 16.4. The van der Waals surface area contributed by atoms with Crippen molar-refractivity contribution in [2.24, 2.45) is 0 Å². The van der Waals surface area contributed by atoms with E-state index in [0.29, 0.717) is 6.61 Å². The van der Waals surface area contributed by atoms with Gasteiger partial charge in [0.15, 0.2) is 0 Å². The van der Waals surface area contributed by atoms with Crippen molar-refractivity contribution >= 4 is 17.0 Å². The number of fused-ring (bicyclic) bond motifs is 1. The third kappa shape index (κ3) is 3.81. The number of hydrogen-bond acceptors (Lipinski definition) is 5. The molecule has 0 N–H and O–H groups in total. The number of hydrogen-bond donors (Lipinski definition) is 0. The van der Waals surface area contributed by atoms with E-state index in [9.17, 15) is 0 Å². The van der Waals surface area contributed by atoms with Crippen molar-refractivity contribution in [3.05, 3.63) is 41.8 Å². The molecule has 2 heterocycles. The van der Waals surface area contributed by atoms with Crippen molar-refractivity contribution < 1.29 is 9.47 Å². The van der Waals surface area contributed by atoms with Crippen LogP contribution < -0.4 is 0 Å². The van der Waals surface area contributed by atoms with Gasteiger partial charge in [-0.3, -0.25) is 4.90 Å². The first-order chi connectivity index (χ1) is 10.8. The minimum atomic E-state index is 0.680. The molecule has 1 aromatic heterocycles. The van der Waals surface area contributed by atoms with Crippen molar-refractivity contribution in [3.8, 4) is 0 Å². The summed E-state index contributed by atoms with van der Waals surface area (Å²) in [6.45, 7) is 6.98. The Morgan fingerprint density at radius 3 is 2.91 bits per heavy atom. The van der Waals surface area contributed by atoms with E-state index in [1.807, 2.05) is 25.1 Å². The summed E-state index contributed by atoms with van der Waals surface area (Å²) >= 11 is 0. The van der Waals surface area contributed by atoms with Crippen molar-refractivity contribution in [2.45, 2.75) is 13.5 Å². The largest absolute Gasteiger partial charge is 0.501 e. The van der Waals surface area contributed by atoms with Crippen LogP contribution in [0.5, 0.6) is 0 Å². The molecule has 5 heteroatoms. The van der Waals surface area contributed by atoms with Crippen LogP contribution in [-0.2, 0) is 16.0 Å². The summed E-state index contributed by atoms with van der Waals surface area (Å²) in [5.41, 5.74) is 3.02. The first kappa shape index (κ1) is 14.9. The topological polar surface area (TPSA) is 47.5 Å². The second kappa shape index (κ2) is 7.33. The molecule has 0 amide bonds. The van der Waals surface area contributed by atoms with Crippen molar-refractivity contribution in [1.82, 2.24) is 15.1 Å². The van der Waals surface area contributed by atoms with Crippen LogP contribution in [0.2, 0.25) is 0 Å². The van der Waals surface area contributed by atoms with Crippen LogP contribution in [0, 0.1) is 0 Å². The molecule has 1 aliphatic rings. The van der Waals surface area contributed by atoms with E-state index in [0.717, 1.165) is 55.0 Å². The van der Waals surface area contributed by atoms with Crippen molar-refractivity contribution in [3.63, 3.8) is 0 Å². The SMILES string of the molecule is CCO/C=C/c1ccc2nnc(CN3CCOCC3)cc2c1. The molecule has 0 atom stereocenters. The lowest BCUT2D eigenvalue weighted by atomic mass is 10.1. The highest BCUT2D eigenvalue weighted by molar-refractivity contribution is 5.81. The van der Waals surface area contributed by atoms with Gasteiger partial charge in [0.25, 0.3) is 0 Å². The molecule has 1 aromatic carbocycles. The minimum absolute atomic E-state index is 0.680. The zero-order valence-electron chi connectivity index (χ0n) is 12.9. The zero-order chi connectivity index (χ0) is 15.2. The van der Waals surface area contributed by atoms with Crippen LogP contribution in [0.4, 0.5) is 0 Å². The molecule has 0 spiro atoms. The summed E-state index contributed by atoms with van der Waals surface area (Å²) < 4.78 is 10.6. The number of ether oxygens (including phenoxy) is 2. The fourth-order valence-electron chi connectivity index (χ4n) is 2.50. The lowest BCUT2D eigenvalue weighted by Gasteiger charge is -2.25. The Balaban J connectivity index is 1.77. The van der Waals surface area contributed by atoms with Gasteiger partial charge in [-0.05, 0) is 36.8 Å². The van der Waals surface area contributed by atoms with Crippen LogP contribution >= 0.6 is 0 Å². The minimum Gasteiger partial charge on any atom is -0.501 e. The molecular formula is C17H21N3O2. The van der Waals surface area contributed by atoms with Gasteiger partial charge in [0.05, 0.1) is 37.3 Å². The highest BCUT2D eigenvalue weighted by atomic mass is 16.5. The van der Waals surface area contributed by atoms with Crippen LogP contribution in [0.1, 0.15) is 18.2 Å². The average Bonchev–Trinajstić information content (AvgIpc) is 2.56. The fraction of sp³-hybridized carbons (Fsp3) is 0.412. The maximum Gasteiger partial charge on any atom is 0.0930 e. The third-order valence-corrected chi connectivity index (χ3v) is 3.67. The standard InChI is InChI=1S/C17H21N3O2/c1-2-21-8-5-14-3-4-17-15(11-14)12-16(18-19-17)13-20-6-9-22-10-7-20/h3-5,8,11-12H,2,6-7,9-10,13H2,1H3/b8-5+. The summed E-state index contributed by atoms with van der Waals surface area (Å²) in [7, 11) is 0. The lowest BCUT2D eigenvalue weighted by molar-refractivity contribution is 0.0335. The lowest BCUT2D eigenvalue weighted by Crippen LogP contribution is -2.35. The van der Waals surface area contributed by atoms with E-state index in [-0.39, 0.29) is 0 Å². The average molecular weight is 299 g/mol. The Morgan fingerprint density at radius 1 is 1.23 bits per heavy atom. The molecule has 0 bridgehead atoms. The summed E-state index contributed by atoms with van der Waals surface area (Å²) in [4.78, 5) is 2.35. The summed E-state index contributed by atoms with van der Waals surface area (Å²) in [6, 6.07) is 8.25. The zero-order valence-corrected chi connectivity index (χ0v) is 12.9. The quantitative estimate of drug-likeness (QED) is 0.794. The fourth-order valence-corrected chi connectivity index (χ4v) is 2.50. The van der Waals surface area contributed by atoms with Gasteiger partial charge >= 0.3 is 0 Å². The molecule has 0 radical (unpaired) electrons. The molecule has 2 aromatic rings. The van der Waals surface area contributed by atoms with Crippen molar-refractivity contribution in [2.75, 3.05) is 32.9 Å². The Labute approximate surface area is 130 Å². The first-order valence-corrected chi connectivity index (χ1v) is 7.70. The van der Waals surface area contributed by atoms with Gasteiger partial charge < -0.3 is 9.47 Å². The van der Waals surface area contributed by atoms with Crippen LogP contribution in [0.15, 0.2) is 30.5 Å². The van der Waals surface area contributed by atoms with Gasteiger partial charge in [0.1, 0.15) is 0 Å². The van der Waals surface area contributed by atoms with Crippen LogP contribution in [0.3, 0.4) is 0 Å². The van der Waals surface area contributed by atoms with Gasteiger partial charge in [-0.25, -0.2) is 0 Å². The van der Waals surface area contributed by atoms with Gasteiger partial charge in [0, 0.05) is 25.0 Å². The van der Waals surface area contributed by atoms with Gasteiger partial charge in [-0.2, -0.15) is 10.2 Å². The summed E-state index contributed by atoms with van der Waals surface area (Å²) in [5.74, 6) is 0. The van der Waals surface area contributed by atoms with E-state index in [1.54, 1.807) is 6.26 Å². The highest BCUT2D eigenvalue weighted by Crippen LogP contribution is 2.16. The monoisotopic (exact) mass is 299 g/mol. The first-order valence-electron chi connectivity index (χ1n) is 7.70. The molecule has 3 rings (SSSR count). The number of aromatic nitrogens is 2. The predicted molar refractivity (Wildman–Crippen MR) is 86.3 cm³/mol. The second-order valence-electron chi connectivity index (χ2n) is 5.30. The molecule has 1 fully saturated rings. The van der Waals surface area contributed by atoms with E-state index in [2.05, 4.69) is 27.2 Å². The van der Waals surface area contributed by atoms with Gasteiger partial charge in [-0.1, -0.05) is 6.07 Å². The van der Waals surface area contributed by atoms with Crippen LogP contribution in [-0.4, -0.2) is 48.0 Å². The van der Waals surface area contributed by atoms with E-state index in [4.69, 9.17) is 9.47 Å². The second-order valence-corrected chi connectivity index (χ2v) is 5.30. The predicted octanol–water partition coefficient (Wildman–Crippen LogP) is 2.47. The van der Waals surface area contributed by atoms with Crippen molar-refractivity contribution in [1.29, 1.82) is 0 Å². The van der Waals surface area contributed by atoms with Gasteiger partial charge in [0.2, 0.25) is 0 Å². The number of benzene rings is 1. The Bertz CT molecular complexity index is 651. The maximum absolute atomic E-state index is 5.37. The number of rotatable bonds is 5. The Kier molecular flexibility index (Phi) is 4.98. The van der Waals surface area contributed by atoms with Gasteiger partial charge in [-0.15, -0.1) is 0 Å². The van der Waals surface area contributed by atoms with Crippen LogP contribution in [0.25, 0.3) is 17.0 Å². The molecule has 0 saturated carbocycles. The summed E-state index contributed by atoms with van der Waals surface area (Å²) in [6.07, 6.45) is 3.69. The highest BCUT2D eigenvalue weighted by Gasteiger charge is 2.12. The summed E-state index contributed by atoms with van der Waals surface area (Å²) in [5, 5.41) is 9.76. The molecule has 1 saturated heterocycles. The Morgan fingerprint density at radius 2 is 2.09 bits per heavy atom. The molecule has 116 valence electrons. The maximum atomic E-state index is 5.37. The van der Waals surface area contributed by atoms with E-state index in [1.165, 1.54) is 0 Å². The molecule has 5 nitrogen and oxygen atoms in total. The molecule has 0 unspecified atom stereocenters. The smallest absolute Gasteiger partial charge is 0.0930 e. The molecule has 22 heavy (non-hydrogen) atoms. The number of nitrogens with zero attached hydrogens (tertiary/aromatic N) is 3.